The fourth-order valence-electron chi connectivity index (χ4n) is 1.57. The van der Waals surface area contributed by atoms with Gasteiger partial charge in [-0.2, -0.15) is 0 Å². The van der Waals surface area contributed by atoms with Gasteiger partial charge in [0.05, 0.1) is 5.75 Å². The summed E-state index contributed by atoms with van der Waals surface area (Å²) in [6.45, 7) is 5.13. The normalized spacial score (nSPS) is 10.7. The van der Waals surface area contributed by atoms with Gasteiger partial charge in [-0.15, -0.1) is 16.9 Å². The third-order valence-electron chi connectivity index (χ3n) is 2.49. The molecule has 0 spiro atoms. The van der Waals surface area contributed by atoms with E-state index in [1.807, 2.05) is 4.68 Å². The van der Waals surface area contributed by atoms with Crippen LogP contribution < -0.4 is 0 Å². The Morgan fingerprint density at radius 3 is 2.88 bits per heavy atom. The number of aryl methyl sites for hydroxylation is 2. The largest absolute Gasteiger partial charge is 0.229 e. The minimum atomic E-state index is 0.817. The van der Waals surface area contributed by atoms with Crippen molar-refractivity contribution in [2.24, 2.45) is 0 Å². The van der Waals surface area contributed by atoms with E-state index in [0.29, 0.717) is 0 Å². The maximum Gasteiger partial charge on any atom is 0.161 e. The van der Waals surface area contributed by atoms with Crippen molar-refractivity contribution in [1.82, 2.24) is 20.2 Å². The van der Waals surface area contributed by atoms with Crippen LogP contribution in [0.25, 0.3) is 0 Å². The zero-order chi connectivity index (χ0) is 12.1. The molecule has 2 aromatic rings. The molecule has 0 N–H and O–H groups in total. The highest BCUT2D eigenvalue weighted by atomic mass is 32.2. The van der Waals surface area contributed by atoms with Crippen LogP contribution in [0.1, 0.15) is 24.7 Å². The van der Waals surface area contributed by atoms with E-state index in [1.54, 1.807) is 11.8 Å². The quantitative estimate of drug-likeness (QED) is 0.763. The van der Waals surface area contributed by atoms with Crippen LogP contribution in [0.3, 0.4) is 0 Å². The molecule has 17 heavy (non-hydrogen) atoms. The average molecular weight is 248 g/mol. The van der Waals surface area contributed by atoms with Gasteiger partial charge in [0.15, 0.2) is 5.82 Å². The summed E-state index contributed by atoms with van der Waals surface area (Å²) >= 11 is 1.78. The van der Waals surface area contributed by atoms with E-state index in [-0.39, 0.29) is 0 Å². The van der Waals surface area contributed by atoms with Crippen molar-refractivity contribution >= 4 is 11.8 Å². The number of rotatable bonds is 5. The summed E-state index contributed by atoms with van der Waals surface area (Å²) in [7, 11) is 0. The van der Waals surface area contributed by atoms with Gasteiger partial charge in [0.2, 0.25) is 0 Å². The lowest BCUT2D eigenvalue weighted by Crippen LogP contribution is -2.04. The zero-order valence-corrected chi connectivity index (χ0v) is 10.9. The van der Waals surface area contributed by atoms with Gasteiger partial charge >= 0.3 is 0 Å². The summed E-state index contributed by atoms with van der Waals surface area (Å²) in [6.07, 6.45) is 1.05. The smallest absolute Gasteiger partial charge is 0.161 e. The molecule has 0 aliphatic rings. The van der Waals surface area contributed by atoms with Gasteiger partial charge in [-0.25, -0.2) is 4.68 Å². The second-order valence-electron chi connectivity index (χ2n) is 3.87. The molecular weight excluding hydrogens is 232 g/mol. The molecular formula is C12H16N4S. The predicted octanol–water partition coefficient (Wildman–Crippen LogP) is 2.68. The summed E-state index contributed by atoms with van der Waals surface area (Å²) in [5.41, 5.74) is 1.30. The Kier molecular flexibility index (Phi) is 4.14. The fraction of sp³-hybridized carbons (Fsp3) is 0.417. The molecule has 1 aromatic heterocycles. The van der Waals surface area contributed by atoms with E-state index >= 15 is 0 Å². The first kappa shape index (κ1) is 12.1. The third kappa shape index (κ3) is 3.06. The molecule has 0 atom stereocenters. The van der Waals surface area contributed by atoms with Crippen molar-refractivity contribution in [3.05, 3.63) is 35.7 Å². The van der Waals surface area contributed by atoms with Crippen LogP contribution >= 0.6 is 11.8 Å². The topological polar surface area (TPSA) is 43.6 Å². The molecule has 0 unspecified atom stereocenters. The van der Waals surface area contributed by atoms with Crippen LogP contribution in [0.2, 0.25) is 0 Å². The van der Waals surface area contributed by atoms with E-state index in [2.05, 4.69) is 53.6 Å². The van der Waals surface area contributed by atoms with Gasteiger partial charge < -0.3 is 0 Å². The molecule has 0 aliphatic carbocycles. The molecule has 1 heterocycles. The van der Waals surface area contributed by atoms with Crippen LogP contribution in [-0.2, 0) is 12.3 Å². The van der Waals surface area contributed by atoms with Crippen molar-refractivity contribution in [1.29, 1.82) is 0 Å². The first-order chi connectivity index (χ1) is 8.31. The number of nitrogens with zero attached hydrogens (tertiary/aromatic N) is 4. The Morgan fingerprint density at radius 1 is 1.29 bits per heavy atom. The van der Waals surface area contributed by atoms with Gasteiger partial charge in [-0.3, -0.25) is 0 Å². The minimum absolute atomic E-state index is 0.817. The number of benzene rings is 1. The summed E-state index contributed by atoms with van der Waals surface area (Å²) in [5.74, 6) is 1.76. The van der Waals surface area contributed by atoms with E-state index in [1.165, 1.54) is 10.5 Å². The summed E-state index contributed by atoms with van der Waals surface area (Å²) < 4.78 is 1.88. The molecule has 4 nitrogen and oxygen atoms in total. The molecule has 0 amide bonds. The summed E-state index contributed by atoms with van der Waals surface area (Å²) in [5, 5.41) is 11.8. The monoisotopic (exact) mass is 248 g/mol. The number of tetrazole rings is 1. The van der Waals surface area contributed by atoms with Crippen LogP contribution in [0.4, 0.5) is 0 Å². The maximum atomic E-state index is 4.06. The van der Waals surface area contributed by atoms with Crippen LogP contribution in [-0.4, -0.2) is 20.2 Å². The molecule has 0 bridgehead atoms. The van der Waals surface area contributed by atoms with E-state index in [4.69, 9.17) is 0 Å². The lowest BCUT2D eigenvalue weighted by molar-refractivity contribution is 0.564. The lowest BCUT2D eigenvalue weighted by Gasteiger charge is -2.05. The zero-order valence-electron chi connectivity index (χ0n) is 10.1. The van der Waals surface area contributed by atoms with Gasteiger partial charge in [0.1, 0.15) is 0 Å². The number of thioether (sulfide) groups is 1. The Hall–Kier alpha value is -1.36. The molecule has 0 aliphatic heterocycles. The molecule has 0 radical (unpaired) electrons. The second-order valence-corrected chi connectivity index (χ2v) is 4.89. The molecule has 2 rings (SSSR count). The van der Waals surface area contributed by atoms with Crippen LogP contribution in [0.15, 0.2) is 29.2 Å². The molecule has 0 saturated carbocycles. The van der Waals surface area contributed by atoms with Gasteiger partial charge in [-0.1, -0.05) is 25.1 Å². The molecule has 0 saturated heterocycles. The second kappa shape index (κ2) is 5.82. The molecule has 90 valence electrons. The number of aromatic nitrogens is 4. The Balaban J connectivity index is 2.02. The maximum absolute atomic E-state index is 4.06. The highest BCUT2D eigenvalue weighted by Gasteiger charge is 2.06. The van der Waals surface area contributed by atoms with Crippen molar-refractivity contribution in [3.8, 4) is 0 Å². The number of hydrogen-bond acceptors (Lipinski definition) is 4. The Bertz CT molecular complexity index is 481. The van der Waals surface area contributed by atoms with E-state index in [0.717, 1.165) is 24.5 Å². The van der Waals surface area contributed by atoms with E-state index in [9.17, 15) is 0 Å². The highest BCUT2D eigenvalue weighted by Crippen LogP contribution is 2.24. The third-order valence-corrected chi connectivity index (χ3v) is 3.66. The van der Waals surface area contributed by atoms with Crippen LogP contribution in [0, 0.1) is 6.92 Å². The first-order valence-electron chi connectivity index (χ1n) is 5.74. The van der Waals surface area contributed by atoms with Crippen molar-refractivity contribution in [2.75, 3.05) is 0 Å². The van der Waals surface area contributed by atoms with Gasteiger partial charge in [-0.05, 0) is 35.4 Å². The average Bonchev–Trinajstić information content (AvgIpc) is 2.76. The van der Waals surface area contributed by atoms with Crippen LogP contribution in [0.5, 0.6) is 0 Å². The lowest BCUT2D eigenvalue weighted by atomic mass is 10.2. The first-order valence-corrected chi connectivity index (χ1v) is 6.73. The molecule has 0 fully saturated rings. The molecule has 5 heteroatoms. The summed E-state index contributed by atoms with van der Waals surface area (Å²) in [6, 6.07) is 8.37. The highest BCUT2D eigenvalue weighted by molar-refractivity contribution is 7.98. The van der Waals surface area contributed by atoms with Crippen molar-refractivity contribution in [3.63, 3.8) is 0 Å². The predicted molar refractivity (Wildman–Crippen MR) is 68.8 cm³/mol. The molecule has 1 aromatic carbocycles. The van der Waals surface area contributed by atoms with Gasteiger partial charge in [0.25, 0.3) is 0 Å². The van der Waals surface area contributed by atoms with Crippen molar-refractivity contribution in [2.45, 2.75) is 37.5 Å². The number of hydrogen-bond donors (Lipinski definition) is 0. The van der Waals surface area contributed by atoms with Gasteiger partial charge in [0, 0.05) is 11.4 Å². The Labute approximate surface area is 105 Å². The standard InChI is InChI=1S/C12H16N4S/c1-3-8-16-12(13-14-15-16)9-17-11-7-5-4-6-10(11)2/h4-7H,3,8-9H2,1-2H3. The summed E-state index contributed by atoms with van der Waals surface area (Å²) in [4.78, 5) is 1.29. The SMILES string of the molecule is CCCn1nnnc1CSc1ccccc1C. The fourth-order valence-corrected chi connectivity index (χ4v) is 2.53. The van der Waals surface area contributed by atoms with E-state index < -0.39 is 0 Å². The minimum Gasteiger partial charge on any atom is -0.229 e. The van der Waals surface area contributed by atoms with Crippen molar-refractivity contribution < 1.29 is 0 Å². The Morgan fingerprint density at radius 2 is 2.12 bits per heavy atom.